The van der Waals surface area contributed by atoms with Crippen molar-refractivity contribution in [1.82, 2.24) is 5.32 Å². The van der Waals surface area contributed by atoms with Crippen LogP contribution in [-0.2, 0) is 14.9 Å². The number of amides is 1. The van der Waals surface area contributed by atoms with Gasteiger partial charge in [0.25, 0.3) is 0 Å². The van der Waals surface area contributed by atoms with Crippen LogP contribution in [0.25, 0.3) is 0 Å². The molecule has 0 rings (SSSR count). The molecule has 1 N–H and O–H groups in total. The summed E-state index contributed by atoms with van der Waals surface area (Å²) in [6.07, 6.45) is 14.4. The van der Waals surface area contributed by atoms with Gasteiger partial charge in [-0.15, -0.1) is 0 Å². The van der Waals surface area contributed by atoms with E-state index in [9.17, 15) is 17.8 Å². The second kappa shape index (κ2) is 17.9. The van der Waals surface area contributed by atoms with E-state index in [0.717, 1.165) is 38.6 Å². The van der Waals surface area contributed by atoms with Gasteiger partial charge in [0, 0.05) is 12.3 Å². The molecule has 0 fully saturated rings. The first kappa shape index (κ1) is 26.4. The molecule has 0 radical (unpaired) electrons. The van der Waals surface area contributed by atoms with Gasteiger partial charge >= 0.3 is 29.6 Å². The summed E-state index contributed by atoms with van der Waals surface area (Å²) >= 11 is 0. The maximum Gasteiger partial charge on any atom is 1.00 e. The van der Waals surface area contributed by atoms with Gasteiger partial charge < -0.3 is 9.87 Å². The molecule has 0 aliphatic rings. The molecule has 0 heterocycles. The van der Waals surface area contributed by atoms with Crippen LogP contribution >= 0.6 is 0 Å². The summed E-state index contributed by atoms with van der Waals surface area (Å²) in [4.78, 5) is 10.9. The molecule has 1 amide bonds. The van der Waals surface area contributed by atoms with Crippen LogP contribution < -0.4 is 34.9 Å². The van der Waals surface area contributed by atoms with Crippen molar-refractivity contribution in [3.05, 3.63) is 12.7 Å². The fourth-order valence-electron chi connectivity index (χ4n) is 2.46. The number of carbonyl (C=O) groups excluding carboxylic acids is 1. The molecule has 0 bridgehead atoms. The van der Waals surface area contributed by atoms with Crippen LogP contribution in [0.4, 0.5) is 0 Å². The minimum absolute atomic E-state index is 0. The van der Waals surface area contributed by atoms with Crippen LogP contribution in [0, 0.1) is 0 Å². The average molecular weight is 370 g/mol. The molecule has 0 saturated heterocycles. The van der Waals surface area contributed by atoms with Gasteiger partial charge in [-0.1, -0.05) is 70.8 Å². The molecule has 0 aromatic heterocycles. The van der Waals surface area contributed by atoms with Crippen molar-refractivity contribution in [3.8, 4) is 0 Å². The Morgan fingerprint density at radius 1 is 0.833 bits per heavy atom. The van der Waals surface area contributed by atoms with Crippen molar-refractivity contribution >= 4 is 16.0 Å². The minimum Gasteiger partial charge on any atom is -0.748 e. The second-order valence-electron chi connectivity index (χ2n) is 6.00. The van der Waals surface area contributed by atoms with Crippen LogP contribution in [0.15, 0.2) is 12.7 Å². The summed E-state index contributed by atoms with van der Waals surface area (Å²) in [5, 5.41) is 2.77. The number of unbranched alkanes of at least 4 members (excludes halogenated alkanes) is 11. The van der Waals surface area contributed by atoms with Crippen LogP contribution in [-0.4, -0.2) is 31.2 Å². The molecule has 7 heteroatoms. The third-order valence-electron chi connectivity index (χ3n) is 3.81. The molecule has 24 heavy (non-hydrogen) atoms. The van der Waals surface area contributed by atoms with Crippen molar-refractivity contribution in [2.45, 2.75) is 77.0 Å². The van der Waals surface area contributed by atoms with Crippen molar-refractivity contribution in [3.63, 3.8) is 0 Å². The summed E-state index contributed by atoms with van der Waals surface area (Å²) in [5.74, 6) is -0.316. The Hall–Kier alpha value is 0.120. The average Bonchev–Trinajstić information content (AvgIpc) is 2.49. The fourth-order valence-corrected chi connectivity index (χ4v) is 3.01. The summed E-state index contributed by atoms with van der Waals surface area (Å²) in [6.45, 7) is 4.14. The summed E-state index contributed by atoms with van der Waals surface area (Å²) < 4.78 is 31.2. The standard InChI is InChI=1S/C17H33NO4S.Na/c1-2-17(19)18-15-13-11-9-7-5-3-4-6-8-10-12-14-16-23(20,21)22;/h2H,1,3-16H2,(H,18,19)(H,20,21,22);/q;+1/p-1. The van der Waals surface area contributed by atoms with Crippen molar-refractivity contribution < 1.29 is 47.3 Å². The predicted octanol–water partition coefficient (Wildman–Crippen LogP) is 0.519. The van der Waals surface area contributed by atoms with E-state index in [1.54, 1.807) is 0 Å². The Labute approximate surface area is 170 Å². The molecule has 0 spiro atoms. The quantitative estimate of drug-likeness (QED) is 0.186. The number of rotatable bonds is 16. The first-order chi connectivity index (χ1) is 11.0. The molecule has 0 aromatic rings. The third kappa shape index (κ3) is 22.1. The number of nitrogens with one attached hydrogen (secondary N) is 1. The third-order valence-corrected chi connectivity index (χ3v) is 4.59. The van der Waals surface area contributed by atoms with E-state index in [0.29, 0.717) is 6.42 Å². The van der Waals surface area contributed by atoms with Crippen LogP contribution in [0.2, 0.25) is 0 Å². The van der Waals surface area contributed by atoms with E-state index in [4.69, 9.17) is 0 Å². The maximum atomic E-state index is 10.9. The first-order valence-corrected chi connectivity index (χ1v) is 10.4. The van der Waals surface area contributed by atoms with Crippen LogP contribution in [0.3, 0.4) is 0 Å². The molecule has 0 aromatic carbocycles. The molecular weight excluding hydrogens is 337 g/mol. The van der Waals surface area contributed by atoms with Gasteiger partial charge in [0.1, 0.15) is 0 Å². The fraction of sp³-hybridized carbons (Fsp3) is 0.824. The van der Waals surface area contributed by atoms with Crippen molar-refractivity contribution in [2.24, 2.45) is 0 Å². The smallest absolute Gasteiger partial charge is 0.748 e. The Balaban J connectivity index is 0. The van der Waals surface area contributed by atoms with E-state index in [1.807, 2.05) is 0 Å². The van der Waals surface area contributed by atoms with Gasteiger partial charge in [-0.3, -0.25) is 4.79 Å². The molecule has 5 nitrogen and oxygen atoms in total. The molecule has 136 valence electrons. The van der Waals surface area contributed by atoms with Crippen LogP contribution in [0.5, 0.6) is 0 Å². The molecule has 0 aliphatic carbocycles. The molecule has 0 atom stereocenters. The van der Waals surface area contributed by atoms with Gasteiger partial charge in [0.05, 0.1) is 10.1 Å². The molecule has 0 unspecified atom stereocenters. The van der Waals surface area contributed by atoms with Crippen LogP contribution in [0.1, 0.15) is 77.0 Å². The van der Waals surface area contributed by atoms with Gasteiger partial charge in [-0.25, -0.2) is 8.42 Å². The van der Waals surface area contributed by atoms with Gasteiger partial charge in [-0.2, -0.15) is 0 Å². The monoisotopic (exact) mass is 369 g/mol. The zero-order chi connectivity index (χ0) is 17.4. The normalized spacial score (nSPS) is 10.9. The number of hydrogen-bond donors (Lipinski definition) is 1. The topological polar surface area (TPSA) is 86.3 Å². The minimum atomic E-state index is -4.02. The first-order valence-electron chi connectivity index (χ1n) is 8.79. The van der Waals surface area contributed by atoms with Gasteiger partial charge in [0.15, 0.2) is 0 Å². The Kier molecular flexibility index (Phi) is 19.7. The summed E-state index contributed by atoms with van der Waals surface area (Å²) in [7, 11) is -4.02. The SMILES string of the molecule is C=CC(=O)NCCCCCCCCCCCCCCS(=O)(=O)[O-].[Na+]. The van der Waals surface area contributed by atoms with Crippen molar-refractivity contribution in [1.29, 1.82) is 0 Å². The van der Waals surface area contributed by atoms with Crippen molar-refractivity contribution in [2.75, 3.05) is 12.3 Å². The zero-order valence-electron chi connectivity index (χ0n) is 15.2. The van der Waals surface area contributed by atoms with Gasteiger partial charge in [0.2, 0.25) is 5.91 Å². The molecular formula is C17H32NNaO4S. The summed E-state index contributed by atoms with van der Waals surface area (Å²) in [6, 6.07) is 0. The largest absolute Gasteiger partial charge is 1.00 e. The van der Waals surface area contributed by atoms with E-state index in [-0.39, 0.29) is 41.2 Å². The number of carbonyl (C=O) groups is 1. The maximum absolute atomic E-state index is 10.9. The Morgan fingerprint density at radius 2 is 1.21 bits per heavy atom. The zero-order valence-corrected chi connectivity index (χ0v) is 18.0. The number of hydrogen-bond acceptors (Lipinski definition) is 4. The van der Waals surface area contributed by atoms with E-state index >= 15 is 0 Å². The van der Waals surface area contributed by atoms with Gasteiger partial charge in [-0.05, 0) is 18.9 Å². The van der Waals surface area contributed by atoms with E-state index in [2.05, 4.69) is 11.9 Å². The Morgan fingerprint density at radius 3 is 1.58 bits per heavy atom. The molecule has 0 aliphatic heterocycles. The summed E-state index contributed by atoms with van der Waals surface area (Å²) in [5.41, 5.74) is 0. The van der Waals surface area contributed by atoms with E-state index in [1.165, 1.54) is 44.6 Å². The predicted molar refractivity (Wildman–Crippen MR) is 93.2 cm³/mol. The van der Waals surface area contributed by atoms with E-state index < -0.39 is 10.1 Å². The molecule has 0 saturated carbocycles. The second-order valence-corrected chi connectivity index (χ2v) is 7.52. The Bertz CT molecular complexity index is 413.